The van der Waals surface area contributed by atoms with Crippen LogP contribution in [0.15, 0.2) is 18.2 Å². The van der Waals surface area contributed by atoms with Crippen molar-refractivity contribution in [3.63, 3.8) is 0 Å². The molecule has 0 spiro atoms. The van der Waals surface area contributed by atoms with Gasteiger partial charge in [-0.15, -0.1) is 0 Å². The molecule has 0 saturated carbocycles. The lowest BCUT2D eigenvalue weighted by Crippen LogP contribution is -2.03. The fourth-order valence-electron chi connectivity index (χ4n) is 1.43. The van der Waals surface area contributed by atoms with Crippen LogP contribution in [0.2, 0.25) is 0 Å². The number of esters is 1. The third-order valence-corrected chi connectivity index (χ3v) is 2.37. The Morgan fingerprint density at radius 2 is 2.20 bits per heavy atom. The molecule has 0 radical (unpaired) electrons. The molecule has 82 valence electrons. The predicted molar refractivity (Wildman–Crippen MR) is 60.8 cm³/mol. The number of hydrogen-bond donors (Lipinski definition) is 1. The standard InChI is InChI=1S/C12H17NO2/c1-3-4-5-9-6-7-10(8-11(9)13)12(14)15-2/h6-8H,3-5,13H2,1-2H3. The Labute approximate surface area is 90.2 Å². The van der Waals surface area contributed by atoms with E-state index in [4.69, 9.17) is 5.73 Å². The van der Waals surface area contributed by atoms with Crippen molar-refractivity contribution in [2.75, 3.05) is 12.8 Å². The number of anilines is 1. The van der Waals surface area contributed by atoms with Gasteiger partial charge < -0.3 is 10.5 Å². The van der Waals surface area contributed by atoms with Crippen LogP contribution in [0, 0.1) is 0 Å². The number of carbonyl (C=O) groups is 1. The lowest BCUT2D eigenvalue weighted by atomic mass is 10.0. The lowest BCUT2D eigenvalue weighted by molar-refractivity contribution is 0.0601. The minimum Gasteiger partial charge on any atom is -0.465 e. The molecule has 0 aliphatic heterocycles. The van der Waals surface area contributed by atoms with Gasteiger partial charge in [-0.3, -0.25) is 0 Å². The Morgan fingerprint density at radius 1 is 1.47 bits per heavy atom. The first-order chi connectivity index (χ1) is 7.19. The van der Waals surface area contributed by atoms with Crippen LogP contribution in [0.4, 0.5) is 5.69 Å². The summed E-state index contributed by atoms with van der Waals surface area (Å²) in [7, 11) is 1.36. The van der Waals surface area contributed by atoms with E-state index >= 15 is 0 Å². The van der Waals surface area contributed by atoms with Gasteiger partial charge in [-0.25, -0.2) is 4.79 Å². The van der Waals surface area contributed by atoms with Gasteiger partial charge in [0.05, 0.1) is 12.7 Å². The summed E-state index contributed by atoms with van der Waals surface area (Å²) in [6.07, 6.45) is 3.21. The minimum absolute atomic E-state index is 0.344. The highest BCUT2D eigenvalue weighted by molar-refractivity contribution is 5.90. The molecule has 0 amide bonds. The van der Waals surface area contributed by atoms with Crippen molar-refractivity contribution in [2.24, 2.45) is 0 Å². The normalized spacial score (nSPS) is 10.0. The van der Waals surface area contributed by atoms with Crippen LogP contribution < -0.4 is 5.73 Å². The molecule has 15 heavy (non-hydrogen) atoms. The van der Waals surface area contributed by atoms with Gasteiger partial charge in [-0.2, -0.15) is 0 Å². The highest BCUT2D eigenvalue weighted by atomic mass is 16.5. The zero-order valence-corrected chi connectivity index (χ0v) is 9.25. The average Bonchev–Trinajstić information content (AvgIpc) is 2.26. The molecule has 0 aliphatic carbocycles. The van der Waals surface area contributed by atoms with Gasteiger partial charge in [0.1, 0.15) is 0 Å². The van der Waals surface area contributed by atoms with E-state index in [9.17, 15) is 4.79 Å². The van der Waals surface area contributed by atoms with Crippen LogP contribution in [0.5, 0.6) is 0 Å². The average molecular weight is 207 g/mol. The van der Waals surface area contributed by atoms with Crippen molar-refractivity contribution in [1.82, 2.24) is 0 Å². The molecule has 0 aliphatic rings. The number of aryl methyl sites for hydroxylation is 1. The molecule has 0 aromatic heterocycles. The number of benzene rings is 1. The van der Waals surface area contributed by atoms with E-state index in [1.165, 1.54) is 7.11 Å². The number of carbonyl (C=O) groups excluding carboxylic acids is 1. The molecule has 0 unspecified atom stereocenters. The first-order valence-corrected chi connectivity index (χ1v) is 5.15. The minimum atomic E-state index is -0.344. The van der Waals surface area contributed by atoms with Gasteiger partial charge in [-0.1, -0.05) is 19.4 Å². The van der Waals surface area contributed by atoms with Gasteiger partial charge in [0, 0.05) is 5.69 Å². The van der Waals surface area contributed by atoms with Crippen LogP contribution in [-0.4, -0.2) is 13.1 Å². The van der Waals surface area contributed by atoms with Crippen LogP contribution in [-0.2, 0) is 11.2 Å². The number of nitrogen functional groups attached to an aromatic ring is 1. The second-order valence-corrected chi connectivity index (χ2v) is 3.51. The summed E-state index contributed by atoms with van der Waals surface area (Å²) in [5, 5.41) is 0. The van der Waals surface area contributed by atoms with Crippen molar-refractivity contribution in [1.29, 1.82) is 0 Å². The van der Waals surface area contributed by atoms with Gasteiger partial charge in [0.2, 0.25) is 0 Å². The molecule has 2 N–H and O–H groups in total. The van der Waals surface area contributed by atoms with E-state index < -0.39 is 0 Å². The third-order valence-electron chi connectivity index (χ3n) is 2.37. The topological polar surface area (TPSA) is 52.3 Å². The first kappa shape index (κ1) is 11.6. The number of rotatable bonds is 4. The molecule has 3 heteroatoms. The molecular weight excluding hydrogens is 190 g/mol. The van der Waals surface area contributed by atoms with Gasteiger partial charge in [0.15, 0.2) is 0 Å². The predicted octanol–water partition coefficient (Wildman–Crippen LogP) is 2.40. The summed E-state index contributed by atoms with van der Waals surface area (Å²) >= 11 is 0. The molecule has 1 aromatic carbocycles. The van der Waals surface area contributed by atoms with E-state index in [-0.39, 0.29) is 5.97 Å². The molecule has 0 fully saturated rings. The molecule has 0 bridgehead atoms. The monoisotopic (exact) mass is 207 g/mol. The zero-order chi connectivity index (χ0) is 11.3. The van der Waals surface area contributed by atoms with E-state index in [0.29, 0.717) is 11.3 Å². The highest BCUT2D eigenvalue weighted by Gasteiger charge is 2.07. The molecule has 0 atom stereocenters. The van der Waals surface area contributed by atoms with Gasteiger partial charge >= 0.3 is 5.97 Å². The fourth-order valence-corrected chi connectivity index (χ4v) is 1.43. The molecule has 0 heterocycles. The Kier molecular flexibility index (Phi) is 4.16. The summed E-state index contributed by atoms with van der Waals surface area (Å²) in [6, 6.07) is 5.33. The summed E-state index contributed by atoms with van der Waals surface area (Å²) in [5.41, 5.74) is 8.13. The zero-order valence-electron chi connectivity index (χ0n) is 9.25. The van der Waals surface area contributed by atoms with Crippen LogP contribution in [0.3, 0.4) is 0 Å². The third kappa shape index (κ3) is 2.98. The summed E-state index contributed by atoms with van der Waals surface area (Å²) < 4.78 is 4.62. The van der Waals surface area contributed by atoms with Crippen LogP contribution in [0.25, 0.3) is 0 Å². The summed E-state index contributed by atoms with van der Waals surface area (Å²) in [4.78, 5) is 11.2. The van der Waals surface area contributed by atoms with Gasteiger partial charge in [-0.05, 0) is 30.5 Å². The van der Waals surface area contributed by atoms with Crippen molar-refractivity contribution in [2.45, 2.75) is 26.2 Å². The Hall–Kier alpha value is -1.51. The van der Waals surface area contributed by atoms with Crippen LogP contribution in [0.1, 0.15) is 35.7 Å². The van der Waals surface area contributed by atoms with Crippen molar-refractivity contribution in [3.8, 4) is 0 Å². The maximum atomic E-state index is 11.2. The largest absolute Gasteiger partial charge is 0.465 e. The van der Waals surface area contributed by atoms with Gasteiger partial charge in [0.25, 0.3) is 0 Å². The molecule has 1 rings (SSSR count). The number of methoxy groups -OCH3 is 1. The van der Waals surface area contributed by atoms with Crippen molar-refractivity contribution in [3.05, 3.63) is 29.3 Å². The highest BCUT2D eigenvalue weighted by Crippen LogP contribution is 2.17. The quantitative estimate of drug-likeness (QED) is 0.609. The molecular formula is C12H17NO2. The molecule has 3 nitrogen and oxygen atoms in total. The van der Waals surface area contributed by atoms with E-state index in [1.54, 1.807) is 12.1 Å². The Balaban J connectivity index is 2.83. The number of unbranched alkanes of at least 4 members (excludes halogenated alkanes) is 1. The van der Waals surface area contributed by atoms with E-state index in [1.807, 2.05) is 6.07 Å². The smallest absolute Gasteiger partial charge is 0.337 e. The molecule has 0 saturated heterocycles. The van der Waals surface area contributed by atoms with Crippen molar-refractivity contribution < 1.29 is 9.53 Å². The first-order valence-electron chi connectivity index (χ1n) is 5.15. The lowest BCUT2D eigenvalue weighted by Gasteiger charge is -2.06. The SMILES string of the molecule is CCCCc1ccc(C(=O)OC)cc1N. The number of ether oxygens (including phenoxy) is 1. The number of hydrogen-bond acceptors (Lipinski definition) is 3. The number of nitrogens with two attached hydrogens (primary N) is 1. The van der Waals surface area contributed by atoms with Crippen LogP contribution >= 0.6 is 0 Å². The summed E-state index contributed by atoms with van der Waals surface area (Å²) in [5.74, 6) is -0.344. The summed E-state index contributed by atoms with van der Waals surface area (Å²) in [6.45, 7) is 2.14. The second-order valence-electron chi connectivity index (χ2n) is 3.51. The maximum absolute atomic E-state index is 11.2. The Bertz CT molecular complexity index is 347. The van der Waals surface area contributed by atoms with Crippen molar-refractivity contribution >= 4 is 11.7 Å². The second kappa shape index (κ2) is 5.39. The van der Waals surface area contributed by atoms with E-state index in [2.05, 4.69) is 11.7 Å². The van der Waals surface area contributed by atoms with E-state index in [0.717, 1.165) is 24.8 Å². The molecule has 1 aromatic rings. The maximum Gasteiger partial charge on any atom is 0.337 e. The Morgan fingerprint density at radius 3 is 2.73 bits per heavy atom. The fraction of sp³-hybridized carbons (Fsp3) is 0.417.